The smallest absolute Gasteiger partial charge is 0.345 e. The van der Waals surface area contributed by atoms with E-state index in [1.807, 2.05) is 19.9 Å². The fourth-order valence-corrected chi connectivity index (χ4v) is 5.18. The average molecular weight is 582 g/mol. The first-order chi connectivity index (χ1) is 20.1. The minimum atomic E-state index is -0.498. The van der Waals surface area contributed by atoms with E-state index in [0.717, 1.165) is 44.9 Å². The van der Waals surface area contributed by atoms with Crippen molar-refractivity contribution >= 4 is 17.1 Å². The monoisotopic (exact) mass is 581 g/mol. The first kappa shape index (κ1) is 33.0. The topological polar surface area (TPSA) is 97.1 Å². The van der Waals surface area contributed by atoms with E-state index < -0.39 is 11.0 Å². The standard InChI is InChI=1S/C34H47NO7/c1-24(2)23-34(3,4)33(37)41-20-14-12-10-8-7-9-11-13-19-40-30-18-15-25-21-28(32(36)42-31(25)35-30)27-17-16-26(38-5)22-29(27)39-6/h15-18,21-22,24H,7-14,19-20,23H2,1-6H3. The molecule has 230 valence electrons. The number of hydrogen-bond acceptors (Lipinski definition) is 8. The zero-order valence-corrected chi connectivity index (χ0v) is 26.1. The van der Waals surface area contributed by atoms with Gasteiger partial charge >= 0.3 is 11.6 Å². The van der Waals surface area contributed by atoms with Gasteiger partial charge in [-0.3, -0.25) is 4.79 Å². The number of carbonyl (C=O) groups is 1. The molecular formula is C34H47NO7. The molecule has 0 aliphatic rings. The Morgan fingerprint density at radius 3 is 2.17 bits per heavy atom. The normalized spacial score (nSPS) is 11.6. The van der Waals surface area contributed by atoms with Crippen LogP contribution in [0.5, 0.6) is 17.4 Å². The molecule has 3 aromatic rings. The molecule has 0 saturated heterocycles. The summed E-state index contributed by atoms with van der Waals surface area (Å²) < 4.78 is 27.5. The second-order valence-corrected chi connectivity index (χ2v) is 11.9. The highest BCUT2D eigenvalue weighted by Gasteiger charge is 2.29. The highest BCUT2D eigenvalue weighted by atomic mass is 16.5. The minimum absolute atomic E-state index is 0.0817. The van der Waals surface area contributed by atoms with E-state index in [0.29, 0.717) is 53.0 Å². The van der Waals surface area contributed by atoms with Crippen molar-refractivity contribution in [1.82, 2.24) is 4.98 Å². The quantitative estimate of drug-likeness (QED) is 0.110. The van der Waals surface area contributed by atoms with Crippen LogP contribution in [-0.4, -0.2) is 38.4 Å². The van der Waals surface area contributed by atoms with Crippen LogP contribution in [0.4, 0.5) is 0 Å². The van der Waals surface area contributed by atoms with E-state index in [9.17, 15) is 9.59 Å². The molecule has 8 nitrogen and oxygen atoms in total. The fraction of sp³-hybridized carbons (Fsp3) is 0.559. The molecule has 0 spiro atoms. The lowest BCUT2D eigenvalue weighted by Gasteiger charge is -2.24. The molecule has 42 heavy (non-hydrogen) atoms. The fourth-order valence-electron chi connectivity index (χ4n) is 5.18. The zero-order chi connectivity index (χ0) is 30.5. The maximum Gasteiger partial charge on any atom is 0.345 e. The molecule has 0 saturated carbocycles. The highest BCUT2D eigenvalue weighted by molar-refractivity contribution is 5.81. The van der Waals surface area contributed by atoms with Crippen molar-refractivity contribution in [1.29, 1.82) is 0 Å². The van der Waals surface area contributed by atoms with Gasteiger partial charge in [0.1, 0.15) is 11.5 Å². The van der Waals surface area contributed by atoms with Crippen LogP contribution in [0, 0.1) is 11.3 Å². The van der Waals surface area contributed by atoms with E-state index in [2.05, 4.69) is 18.8 Å². The van der Waals surface area contributed by atoms with Crippen LogP contribution in [0.3, 0.4) is 0 Å². The van der Waals surface area contributed by atoms with Gasteiger partial charge in [-0.2, -0.15) is 4.98 Å². The summed E-state index contributed by atoms with van der Waals surface area (Å²) in [6, 6.07) is 10.7. The molecule has 0 fully saturated rings. The largest absolute Gasteiger partial charge is 0.497 e. The summed E-state index contributed by atoms with van der Waals surface area (Å²) in [5.41, 5.74) is 0.346. The maximum atomic E-state index is 12.8. The Bertz CT molecular complexity index is 1350. The SMILES string of the molecule is COc1ccc(-c2cc3ccc(OCCCCCCCCCCOC(=O)C(C)(C)CC(C)C)nc3oc2=O)c(OC)c1. The van der Waals surface area contributed by atoms with Crippen molar-refractivity contribution < 1.29 is 28.2 Å². The molecule has 0 atom stereocenters. The van der Waals surface area contributed by atoms with Crippen molar-refractivity contribution in [3.63, 3.8) is 0 Å². The van der Waals surface area contributed by atoms with Crippen LogP contribution in [0.1, 0.15) is 85.5 Å². The van der Waals surface area contributed by atoms with Gasteiger partial charge in [-0.1, -0.05) is 52.4 Å². The first-order valence-corrected chi connectivity index (χ1v) is 15.1. The summed E-state index contributed by atoms with van der Waals surface area (Å²) in [7, 11) is 3.12. The predicted molar refractivity (Wildman–Crippen MR) is 165 cm³/mol. The molecule has 0 unspecified atom stereocenters. The van der Waals surface area contributed by atoms with Crippen molar-refractivity contribution in [3.05, 3.63) is 46.8 Å². The number of unbranched alkanes of at least 4 members (excludes halogenated alkanes) is 7. The molecule has 8 heteroatoms. The number of pyridine rings is 1. The van der Waals surface area contributed by atoms with Gasteiger partial charge < -0.3 is 23.4 Å². The minimum Gasteiger partial charge on any atom is -0.497 e. The molecule has 1 aromatic carbocycles. The van der Waals surface area contributed by atoms with Gasteiger partial charge in [0, 0.05) is 23.1 Å². The first-order valence-electron chi connectivity index (χ1n) is 15.1. The Morgan fingerprint density at radius 2 is 1.52 bits per heavy atom. The van der Waals surface area contributed by atoms with Crippen LogP contribution in [0.15, 0.2) is 45.6 Å². The summed E-state index contributed by atoms with van der Waals surface area (Å²) in [6.45, 7) is 9.27. The van der Waals surface area contributed by atoms with E-state index in [4.69, 9.17) is 23.4 Å². The van der Waals surface area contributed by atoms with Crippen LogP contribution in [0.2, 0.25) is 0 Å². The van der Waals surface area contributed by atoms with E-state index in [1.54, 1.807) is 44.6 Å². The van der Waals surface area contributed by atoms with Gasteiger partial charge in [0.2, 0.25) is 11.6 Å². The molecule has 0 N–H and O–H groups in total. The van der Waals surface area contributed by atoms with Gasteiger partial charge in [0.15, 0.2) is 0 Å². The lowest BCUT2D eigenvalue weighted by atomic mass is 9.84. The van der Waals surface area contributed by atoms with Crippen LogP contribution >= 0.6 is 0 Å². The number of esters is 1. The third-order valence-electron chi connectivity index (χ3n) is 7.27. The number of nitrogens with zero attached hydrogens (tertiary/aromatic N) is 1. The number of hydrogen-bond donors (Lipinski definition) is 0. The molecular weight excluding hydrogens is 534 g/mol. The number of ether oxygens (including phenoxy) is 4. The third kappa shape index (κ3) is 9.78. The van der Waals surface area contributed by atoms with Gasteiger partial charge in [0.25, 0.3) is 0 Å². The predicted octanol–water partition coefficient (Wildman–Crippen LogP) is 7.99. The second kappa shape index (κ2) is 16.2. The molecule has 0 aliphatic carbocycles. The highest BCUT2D eigenvalue weighted by Crippen LogP contribution is 2.33. The van der Waals surface area contributed by atoms with E-state index in [-0.39, 0.29) is 11.7 Å². The average Bonchev–Trinajstić information content (AvgIpc) is 2.96. The van der Waals surface area contributed by atoms with Gasteiger partial charge in [-0.05, 0) is 63.3 Å². The number of rotatable bonds is 18. The van der Waals surface area contributed by atoms with Crippen molar-refractivity contribution in [2.24, 2.45) is 11.3 Å². The lowest BCUT2D eigenvalue weighted by Crippen LogP contribution is -2.28. The van der Waals surface area contributed by atoms with Crippen LogP contribution < -0.4 is 19.8 Å². The lowest BCUT2D eigenvalue weighted by molar-refractivity contribution is -0.155. The third-order valence-corrected chi connectivity index (χ3v) is 7.27. The number of carbonyl (C=O) groups excluding carboxylic acids is 1. The molecule has 3 rings (SSSR count). The maximum absolute atomic E-state index is 12.8. The molecule has 0 aliphatic heterocycles. The number of benzene rings is 1. The number of aromatic nitrogens is 1. The summed E-state index contributed by atoms with van der Waals surface area (Å²) in [6.07, 6.45) is 9.54. The van der Waals surface area contributed by atoms with Gasteiger partial charge in [0.05, 0.1) is 38.4 Å². The van der Waals surface area contributed by atoms with Crippen LogP contribution in [0.25, 0.3) is 22.2 Å². The Morgan fingerprint density at radius 1 is 0.857 bits per heavy atom. The second-order valence-electron chi connectivity index (χ2n) is 11.9. The van der Waals surface area contributed by atoms with Crippen molar-refractivity contribution in [3.8, 4) is 28.5 Å². The number of methoxy groups -OCH3 is 2. The Balaban J connectivity index is 1.33. The summed E-state index contributed by atoms with van der Waals surface area (Å²) >= 11 is 0. The van der Waals surface area contributed by atoms with E-state index >= 15 is 0 Å². The molecule has 0 radical (unpaired) electrons. The summed E-state index contributed by atoms with van der Waals surface area (Å²) in [4.78, 5) is 29.4. The van der Waals surface area contributed by atoms with Crippen LogP contribution in [-0.2, 0) is 9.53 Å². The molecule has 0 amide bonds. The van der Waals surface area contributed by atoms with Gasteiger partial charge in [-0.15, -0.1) is 0 Å². The Hall–Kier alpha value is -3.55. The zero-order valence-electron chi connectivity index (χ0n) is 26.1. The summed E-state index contributed by atoms with van der Waals surface area (Å²) in [5.74, 6) is 1.99. The molecule has 2 aromatic heterocycles. The Kier molecular flexibility index (Phi) is 12.7. The summed E-state index contributed by atoms with van der Waals surface area (Å²) in [5, 5.41) is 0.697. The Labute approximate surface area is 249 Å². The molecule has 0 bridgehead atoms. The van der Waals surface area contributed by atoms with E-state index in [1.165, 1.54) is 12.8 Å². The van der Waals surface area contributed by atoms with Crippen molar-refractivity contribution in [2.45, 2.75) is 85.5 Å². The van der Waals surface area contributed by atoms with Gasteiger partial charge in [-0.25, -0.2) is 4.79 Å². The molecule has 2 heterocycles. The van der Waals surface area contributed by atoms with Crippen molar-refractivity contribution in [2.75, 3.05) is 27.4 Å². The number of fused-ring (bicyclic) bond motifs is 1.